The number of amides is 3. The number of alkyl halides is 3. The number of halogens is 3. The zero-order valence-electron chi connectivity index (χ0n) is 21.8. The number of carboxylic acids is 1. The number of carboxylic acid groups (broad SMARTS) is 1. The molecule has 3 N–H and O–H groups in total. The first kappa shape index (κ1) is 33.0. The summed E-state index contributed by atoms with van der Waals surface area (Å²) in [6.07, 6.45) is -1.13. The molecule has 1 aromatic rings. The number of β-lactam (4-membered cyclic amide) rings is 1. The van der Waals surface area contributed by atoms with Gasteiger partial charge in [0.1, 0.15) is 24.6 Å². The highest BCUT2D eigenvalue weighted by molar-refractivity contribution is 8.01. The smallest absolute Gasteiger partial charge is 0.409 e. The summed E-state index contributed by atoms with van der Waals surface area (Å²) in [6.45, 7) is 2.33. The van der Waals surface area contributed by atoms with Crippen LogP contribution in [0.15, 0.2) is 18.2 Å². The Labute approximate surface area is 256 Å². The second-order valence-corrected chi connectivity index (χ2v) is 13.2. The van der Waals surface area contributed by atoms with Gasteiger partial charge in [-0.25, -0.2) is 14.4 Å². The lowest BCUT2D eigenvalue weighted by atomic mass is 9.91. The minimum Gasteiger partial charge on any atom is -0.480 e. The molecular weight excluding hydrogens is 649 g/mol. The summed E-state index contributed by atoms with van der Waals surface area (Å²) in [4.78, 5) is 85.8. The highest BCUT2D eigenvalue weighted by Crippen LogP contribution is 2.54. The number of esters is 3. The topological polar surface area (TPSA) is 204 Å². The molecule has 15 nitrogen and oxygen atoms in total. The number of alkyl carbamates (subject to hydrolysis) is 1. The minimum absolute atomic E-state index is 0.122. The summed E-state index contributed by atoms with van der Waals surface area (Å²) in [7, 11) is 0. The predicted octanol–water partition coefficient (Wildman–Crippen LogP) is 1.36. The highest BCUT2D eigenvalue weighted by Gasteiger charge is 2.74. The van der Waals surface area contributed by atoms with Crippen LogP contribution in [0.2, 0.25) is 0 Å². The maximum Gasteiger partial charge on any atom is 0.409 e. The molecular formula is C23H22Cl3N3O12S. The molecule has 2 aliphatic rings. The molecule has 2 saturated heterocycles. The predicted molar refractivity (Wildman–Crippen MR) is 144 cm³/mol. The molecule has 42 heavy (non-hydrogen) atoms. The standard InChI is InChI=1S/C23H22Cl3N3O12S/c1-10(31)40-13-5-4-12(6-14(13)41-11(2)32)17(35)38-7-21(3)15(16(33)34)29-18(36)23(27-9-30,19(29)42-21)28-20(37)39-8-22(24,25)26/h4-6,9,15,19H,7-8H2,1-3H3,(H,27,30)(H,28,37)(H,33,34)/t15?,19-,21-,23+/m0/s1. The van der Waals surface area contributed by atoms with Gasteiger partial charge < -0.3 is 34.3 Å². The van der Waals surface area contributed by atoms with Crippen molar-refractivity contribution < 1.29 is 57.6 Å². The lowest BCUT2D eigenvalue weighted by Gasteiger charge is -2.51. The summed E-state index contributed by atoms with van der Waals surface area (Å²) < 4.78 is 16.6. The van der Waals surface area contributed by atoms with E-state index in [4.69, 9.17) is 53.8 Å². The van der Waals surface area contributed by atoms with Crippen molar-refractivity contribution in [1.82, 2.24) is 15.5 Å². The molecule has 1 aromatic carbocycles. The van der Waals surface area contributed by atoms with Crippen LogP contribution in [-0.4, -0.2) is 91.1 Å². The third-order valence-electron chi connectivity index (χ3n) is 5.80. The molecule has 3 rings (SSSR count). The Morgan fingerprint density at radius 3 is 2.26 bits per heavy atom. The molecule has 0 radical (unpaired) electrons. The van der Waals surface area contributed by atoms with Gasteiger partial charge in [-0.1, -0.05) is 34.8 Å². The fourth-order valence-corrected chi connectivity index (χ4v) is 6.07. The number of carbonyl (C=O) groups excluding carboxylic acids is 6. The third kappa shape index (κ3) is 6.94. The third-order valence-corrected chi connectivity index (χ3v) is 7.81. The van der Waals surface area contributed by atoms with E-state index < -0.39 is 74.7 Å². The Bertz CT molecular complexity index is 1340. The second kappa shape index (κ2) is 12.4. The molecule has 19 heteroatoms. The molecule has 0 aromatic heterocycles. The van der Waals surface area contributed by atoms with Crippen LogP contribution in [0.5, 0.6) is 11.5 Å². The molecule has 2 fully saturated rings. The van der Waals surface area contributed by atoms with Crippen molar-refractivity contribution in [2.24, 2.45) is 0 Å². The van der Waals surface area contributed by atoms with Crippen molar-refractivity contribution >= 4 is 88.9 Å². The SMILES string of the molecule is CC(=O)Oc1ccc(C(=O)OC[C@]2(C)S[C@@H]3N(C(=O)[C@@]3(NC=O)NC(=O)OCC(Cl)(Cl)Cl)C2C(=O)O)cc1OC(C)=O. The van der Waals surface area contributed by atoms with E-state index in [9.17, 15) is 38.7 Å². The lowest BCUT2D eigenvalue weighted by molar-refractivity contribution is -0.170. The molecule has 2 aliphatic heterocycles. The number of rotatable bonds is 10. The Kier molecular flexibility index (Phi) is 9.76. The van der Waals surface area contributed by atoms with Crippen LogP contribution in [-0.2, 0) is 33.4 Å². The van der Waals surface area contributed by atoms with Crippen molar-refractivity contribution in [3.8, 4) is 11.5 Å². The van der Waals surface area contributed by atoms with Crippen LogP contribution in [0, 0.1) is 0 Å². The number of hydrogen-bond acceptors (Lipinski definition) is 12. The van der Waals surface area contributed by atoms with Crippen molar-refractivity contribution in [1.29, 1.82) is 0 Å². The number of fused-ring (bicyclic) bond motifs is 1. The lowest BCUT2D eigenvalue weighted by Crippen LogP contribution is -2.84. The van der Waals surface area contributed by atoms with Gasteiger partial charge in [0.05, 0.1) is 10.3 Å². The Hall–Kier alpha value is -3.47. The number of benzene rings is 1. The summed E-state index contributed by atoms with van der Waals surface area (Å²) in [6, 6.07) is 1.93. The molecule has 4 atom stereocenters. The molecule has 3 amide bonds. The van der Waals surface area contributed by atoms with Crippen molar-refractivity contribution in [3.05, 3.63) is 23.8 Å². The first-order valence-corrected chi connectivity index (χ1v) is 13.6. The minimum atomic E-state index is -2.13. The first-order valence-electron chi connectivity index (χ1n) is 11.6. The van der Waals surface area contributed by atoms with E-state index in [1.54, 1.807) is 0 Å². The number of carbonyl (C=O) groups is 7. The highest BCUT2D eigenvalue weighted by atomic mass is 35.6. The fourth-order valence-electron chi connectivity index (χ4n) is 4.19. The van der Waals surface area contributed by atoms with Gasteiger partial charge in [-0.05, 0) is 25.1 Å². The average Bonchev–Trinajstić information content (AvgIpc) is 3.17. The van der Waals surface area contributed by atoms with Gasteiger partial charge in [0.15, 0.2) is 11.5 Å². The van der Waals surface area contributed by atoms with Crippen LogP contribution in [0.1, 0.15) is 31.1 Å². The molecule has 228 valence electrons. The zero-order chi connectivity index (χ0) is 31.6. The Balaban J connectivity index is 1.82. The summed E-state index contributed by atoms with van der Waals surface area (Å²) >= 11 is 17.5. The van der Waals surface area contributed by atoms with Crippen LogP contribution in [0.4, 0.5) is 4.79 Å². The van der Waals surface area contributed by atoms with Crippen molar-refractivity contribution in [2.75, 3.05) is 13.2 Å². The number of ether oxygens (including phenoxy) is 4. The van der Waals surface area contributed by atoms with Gasteiger partial charge >= 0.3 is 30.0 Å². The van der Waals surface area contributed by atoms with Crippen LogP contribution in [0.25, 0.3) is 0 Å². The van der Waals surface area contributed by atoms with Crippen LogP contribution >= 0.6 is 46.6 Å². The Morgan fingerprint density at radius 1 is 1.10 bits per heavy atom. The Morgan fingerprint density at radius 2 is 1.71 bits per heavy atom. The number of nitrogens with zero attached hydrogens (tertiary/aromatic N) is 1. The van der Waals surface area contributed by atoms with Gasteiger partial charge in [-0.2, -0.15) is 0 Å². The molecule has 0 spiro atoms. The summed E-state index contributed by atoms with van der Waals surface area (Å²) in [5.74, 6) is -5.29. The van der Waals surface area contributed by atoms with Gasteiger partial charge in [-0.3, -0.25) is 24.5 Å². The fraction of sp³-hybridized carbons (Fsp3) is 0.435. The number of nitrogens with one attached hydrogen (secondary N) is 2. The largest absolute Gasteiger partial charge is 0.480 e. The monoisotopic (exact) mass is 669 g/mol. The van der Waals surface area contributed by atoms with Gasteiger partial charge in [0, 0.05) is 13.8 Å². The maximum atomic E-state index is 13.2. The van der Waals surface area contributed by atoms with Gasteiger partial charge in [-0.15, -0.1) is 11.8 Å². The normalized spacial score (nSPS) is 24.4. The molecule has 0 bridgehead atoms. The summed E-state index contributed by atoms with van der Waals surface area (Å²) in [5.41, 5.74) is -2.27. The van der Waals surface area contributed by atoms with E-state index in [1.165, 1.54) is 19.1 Å². The van der Waals surface area contributed by atoms with Crippen LogP contribution in [0.3, 0.4) is 0 Å². The summed E-state index contributed by atoms with van der Waals surface area (Å²) in [5, 5.41) is 13.2. The quantitative estimate of drug-likeness (QED) is 0.0805. The number of hydrogen-bond donors (Lipinski definition) is 3. The zero-order valence-corrected chi connectivity index (χ0v) is 24.9. The number of aliphatic carboxylic acids is 1. The van der Waals surface area contributed by atoms with E-state index in [-0.39, 0.29) is 23.5 Å². The molecule has 2 heterocycles. The number of thioether (sulfide) groups is 1. The van der Waals surface area contributed by atoms with E-state index in [2.05, 4.69) is 10.6 Å². The maximum absolute atomic E-state index is 13.2. The molecule has 0 aliphatic carbocycles. The van der Waals surface area contributed by atoms with E-state index in [0.29, 0.717) is 0 Å². The van der Waals surface area contributed by atoms with Gasteiger partial charge in [0.25, 0.3) is 5.91 Å². The van der Waals surface area contributed by atoms with Crippen molar-refractivity contribution in [2.45, 2.75) is 46.4 Å². The van der Waals surface area contributed by atoms with Crippen LogP contribution < -0.4 is 20.1 Å². The molecule has 1 unspecified atom stereocenters. The molecule has 0 saturated carbocycles. The van der Waals surface area contributed by atoms with E-state index in [0.717, 1.165) is 36.6 Å². The van der Waals surface area contributed by atoms with E-state index >= 15 is 0 Å². The van der Waals surface area contributed by atoms with E-state index in [1.807, 2.05) is 0 Å². The first-order chi connectivity index (χ1) is 19.4. The van der Waals surface area contributed by atoms with Crippen molar-refractivity contribution in [3.63, 3.8) is 0 Å². The second-order valence-electron chi connectivity index (χ2n) is 9.05. The van der Waals surface area contributed by atoms with Gasteiger partial charge in [0.2, 0.25) is 15.9 Å². The average molecular weight is 671 g/mol.